The van der Waals surface area contributed by atoms with Gasteiger partial charge in [0.15, 0.2) is 0 Å². The zero-order valence-corrected chi connectivity index (χ0v) is 14.8. The van der Waals surface area contributed by atoms with Crippen molar-refractivity contribution in [3.63, 3.8) is 0 Å². The first-order chi connectivity index (χ1) is 12.1. The van der Waals surface area contributed by atoms with Crippen LogP contribution in [0.4, 0.5) is 0 Å². The fourth-order valence-corrected chi connectivity index (χ4v) is 3.89. The van der Waals surface area contributed by atoms with Crippen LogP contribution in [0.3, 0.4) is 0 Å². The van der Waals surface area contributed by atoms with Gasteiger partial charge in [0.05, 0.1) is 0 Å². The van der Waals surface area contributed by atoms with Gasteiger partial charge in [-0.05, 0) is 30.2 Å². The summed E-state index contributed by atoms with van der Waals surface area (Å²) >= 11 is 0. The van der Waals surface area contributed by atoms with Crippen molar-refractivity contribution in [2.24, 2.45) is 0 Å². The second kappa shape index (κ2) is 7.53. The summed E-state index contributed by atoms with van der Waals surface area (Å²) in [5.74, 6) is 0.449. The Bertz CT molecular complexity index is 920. The van der Waals surface area contributed by atoms with Gasteiger partial charge in [-0.2, -0.15) is 8.42 Å². The third kappa shape index (κ3) is 3.91. The number of para-hydroxylation sites is 1. The maximum Gasteiger partial charge on any atom is 0.339 e. The molecule has 0 saturated heterocycles. The summed E-state index contributed by atoms with van der Waals surface area (Å²) in [6.45, 7) is 2.08. The summed E-state index contributed by atoms with van der Waals surface area (Å²) in [5.41, 5.74) is 2.01. The molecule has 1 atom stereocenters. The Morgan fingerprint density at radius 2 is 1.36 bits per heavy atom. The van der Waals surface area contributed by atoms with Crippen molar-refractivity contribution in [2.75, 3.05) is 0 Å². The van der Waals surface area contributed by atoms with E-state index in [2.05, 4.69) is 19.1 Å². The SMILES string of the molecule is CCC(c1ccccc1)c1ccccc1OS(=O)(=O)c1ccccc1. The van der Waals surface area contributed by atoms with Crippen LogP contribution in [0.5, 0.6) is 5.75 Å². The molecule has 3 aromatic rings. The van der Waals surface area contributed by atoms with Crippen molar-refractivity contribution in [1.82, 2.24) is 0 Å². The van der Waals surface area contributed by atoms with Crippen LogP contribution in [-0.2, 0) is 10.1 Å². The van der Waals surface area contributed by atoms with E-state index in [1.807, 2.05) is 30.3 Å². The molecule has 25 heavy (non-hydrogen) atoms. The lowest BCUT2D eigenvalue weighted by molar-refractivity contribution is 0.480. The van der Waals surface area contributed by atoms with Gasteiger partial charge < -0.3 is 4.18 Å². The maximum atomic E-state index is 12.6. The van der Waals surface area contributed by atoms with Gasteiger partial charge in [0.25, 0.3) is 0 Å². The number of hydrogen-bond donors (Lipinski definition) is 0. The van der Waals surface area contributed by atoms with Gasteiger partial charge in [0.1, 0.15) is 10.6 Å². The van der Waals surface area contributed by atoms with E-state index in [0.717, 1.165) is 17.5 Å². The third-order valence-electron chi connectivity index (χ3n) is 4.14. The molecule has 0 amide bonds. The quantitative estimate of drug-likeness (QED) is 0.587. The molecule has 3 rings (SSSR count). The van der Waals surface area contributed by atoms with Gasteiger partial charge in [0, 0.05) is 11.5 Å². The Kier molecular flexibility index (Phi) is 5.19. The molecule has 0 N–H and O–H groups in total. The minimum atomic E-state index is -3.86. The van der Waals surface area contributed by atoms with Gasteiger partial charge in [0.2, 0.25) is 0 Å². The molecule has 3 nitrogen and oxygen atoms in total. The Hall–Kier alpha value is -2.59. The number of benzene rings is 3. The zero-order chi connectivity index (χ0) is 17.7. The van der Waals surface area contributed by atoms with Crippen molar-refractivity contribution in [2.45, 2.75) is 24.2 Å². The van der Waals surface area contributed by atoms with E-state index in [1.165, 1.54) is 12.1 Å². The van der Waals surface area contributed by atoms with Gasteiger partial charge in [-0.3, -0.25) is 0 Å². The van der Waals surface area contributed by atoms with Crippen LogP contribution >= 0.6 is 0 Å². The lowest BCUT2D eigenvalue weighted by Gasteiger charge is -2.19. The highest BCUT2D eigenvalue weighted by atomic mass is 32.2. The van der Waals surface area contributed by atoms with Crippen LogP contribution in [0.25, 0.3) is 0 Å². The van der Waals surface area contributed by atoms with E-state index >= 15 is 0 Å². The predicted molar refractivity (Wildman–Crippen MR) is 99.3 cm³/mol. The second-order valence-corrected chi connectivity index (χ2v) is 7.31. The van der Waals surface area contributed by atoms with Crippen LogP contribution < -0.4 is 4.18 Å². The Morgan fingerprint density at radius 3 is 2.00 bits per heavy atom. The van der Waals surface area contributed by atoms with Crippen LogP contribution in [0.2, 0.25) is 0 Å². The van der Waals surface area contributed by atoms with Crippen LogP contribution in [0, 0.1) is 0 Å². The zero-order valence-electron chi connectivity index (χ0n) is 14.0. The van der Waals surface area contributed by atoms with E-state index < -0.39 is 10.1 Å². The molecular formula is C21H20O3S. The summed E-state index contributed by atoms with van der Waals surface area (Å²) in [5, 5.41) is 0. The summed E-state index contributed by atoms with van der Waals surface area (Å²) in [4.78, 5) is 0.151. The summed E-state index contributed by atoms with van der Waals surface area (Å²) in [7, 11) is -3.86. The molecule has 0 heterocycles. The standard InChI is InChI=1S/C21H20O3S/c1-2-19(17-11-5-3-6-12-17)20-15-9-10-16-21(20)24-25(22,23)18-13-7-4-8-14-18/h3-16,19H,2H2,1H3. The summed E-state index contributed by atoms with van der Waals surface area (Å²) in [6, 6.07) is 25.6. The summed E-state index contributed by atoms with van der Waals surface area (Å²) in [6.07, 6.45) is 0.843. The number of hydrogen-bond acceptors (Lipinski definition) is 3. The van der Waals surface area contributed by atoms with E-state index in [9.17, 15) is 8.42 Å². The van der Waals surface area contributed by atoms with Crippen molar-refractivity contribution in [1.29, 1.82) is 0 Å². The average Bonchev–Trinajstić information content (AvgIpc) is 2.65. The van der Waals surface area contributed by atoms with E-state index in [1.54, 1.807) is 30.3 Å². The second-order valence-electron chi connectivity index (χ2n) is 5.76. The van der Waals surface area contributed by atoms with Gasteiger partial charge in [-0.1, -0.05) is 73.7 Å². The van der Waals surface area contributed by atoms with Crippen molar-refractivity contribution in [3.05, 3.63) is 96.1 Å². The van der Waals surface area contributed by atoms with Crippen molar-refractivity contribution in [3.8, 4) is 5.75 Å². The minimum Gasteiger partial charge on any atom is -0.379 e. The van der Waals surface area contributed by atoms with Gasteiger partial charge in [-0.15, -0.1) is 0 Å². The lowest BCUT2D eigenvalue weighted by Crippen LogP contribution is -2.12. The normalized spacial score (nSPS) is 12.5. The van der Waals surface area contributed by atoms with Crippen LogP contribution in [0.15, 0.2) is 89.8 Å². The molecule has 4 heteroatoms. The average molecular weight is 352 g/mol. The predicted octanol–water partition coefficient (Wildman–Crippen LogP) is 5.00. The molecule has 0 fully saturated rings. The summed E-state index contributed by atoms with van der Waals surface area (Å²) < 4.78 is 30.7. The van der Waals surface area contributed by atoms with E-state index in [4.69, 9.17) is 4.18 Å². The van der Waals surface area contributed by atoms with Crippen LogP contribution in [-0.4, -0.2) is 8.42 Å². The topological polar surface area (TPSA) is 43.4 Å². The largest absolute Gasteiger partial charge is 0.379 e. The smallest absolute Gasteiger partial charge is 0.339 e. The first-order valence-corrected chi connectivity index (χ1v) is 9.66. The highest BCUT2D eigenvalue weighted by Gasteiger charge is 2.22. The molecule has 3 aromatic carbocycles. The highest BCUT2D eigenvalue weighted by Crippen LogP contribution is 2.35. The molecule has 0 bridgehead atoms. The molecule has 0 aliphatic heterocycles. The molecule has 1 unspecified atom stereocenters. The highest BCUT2D eigenvalue weighted by molar-refractivity contribution is 7.87. The fraction of sp³-hybridized carbons (Fsp3) is 0.143. The van der Waals surface area contributed by atoms with E-state index in [-0.39, 0.29) is 10.8 Å². The van der Waals surface area contributed by atoms with Gasteiger partial charge in [-0.25, -0.2) is 0 Å². The van der Waals surface area contributed by atoms with Crippen molar-refractivity contribution < 1.29 is 12.6 Å². The third-order valence-corrected chi connectivity index (χ3v) is 5.38. The first kappa shape index (κ1) is 17.2. The Morgan fingerprint density at radius 1 is 0.800 bits per heavy atom. The first-order valence-electron chi connectivity index (χ1n) is 8.25. The monoisotopic (exact) mass is 352 g/mol. The molecular weight excluding hydrogens is 332 g/mol. The molecule has 0 aromatic heterocycles. The molecule has 0 aliphatic rings. The molecule has 0 radical (unpaired) electrons. The minimum absolute atomic E-state index is 0.0726. The molecule has 0 aliphatic carbocycles. The van der Waals surface area contributed by atoms with E-state index in [0.29, 0.717) is 5.75 Å². The van der Waals surface area contributed by atoms with Crippen molar-refractivity contribution >= 4 is 10.1 Å². The van der Waals surface area contributed by atoms with Crippen LogP contribution in [0.1, 0.15) is 30.4 Å². The Labute approximate surface area is 149 Å². The molecule has 0 saturated carbocycles. The molecule has 128 valence electrons. The maximum absolute atomic E-state index is 12.6. The fourth-order valence-electron chi connectivity index (χ4n) is 2.92. The lowest BCUT2D eigenvalue weighted by atomic mass is 9.89. The van der Waals surface area contributed by atoms with Gasteiger partial charge >= 0.3 is 10.1 Å². The molecule has 0 spiro atoms. The number of rotatable bonds is 6. The Balaban J connectivity index is 1.99.